The van der Waals surface area contributed by atoms with E-state index in [2.05, 4.69) is 20.9 Å². The summed E-state index contributed by atoms with van der Waals surface area (Å²) in [6.07, 6.45) is 1.90. The minimum atomic E-state index is 1.01. The number of hydrogen-bond donors (Lipinski definition) is 0. The van der Waals surface area contributed by atoms with Crippen LogP contribution in [0.25, 0.3) is 6.08 Å². The average molecular weight is 190 g/mol. The van der Waals surface area contributed by atoms with E-state index in [9.17, 15) is 0 Å². The Balaban J connectivity index is 2.77. The Labute approximate surface area is 60.2 Å². The van der Waals surface area contributed by atoms with Gasteiger partial charge in [0.05, 0.1) is 11.2 Å². The third-order valence-corrected chi connectivity index (χ3v) is 1.55. The van der Waals surface area contributed by atoms with E-state index < -0.39 is 0 Å². The van der Waals surface area contributed by atoms with Gasteiger partial charge in [-0.3, -0.25) is 0 Å². The molecular formula is C5H4BrNS. The molecule has 1 nitrogen and oxygen atoms in total. The Kier molecular flexibility index (Phi) is 2.24. The first-order valence-corrected chi connectivity index (χ1v) is 3.94. The van der Waals surface area contributed by atoms with Crippen LogP contribution >= 0.6 is 27.3 Å². The topological polar surface area (TPSA) is 12.9 Å². The molecule has 0 saturated carbocycles. The van der Waals surface area contributed by atoms with Crippen molar-refractivity contribution in [1.29, 1.82) is 0 Å². The highest BCUT2D eigenvalue weighted by Crippen LogP contribution is 2.03. The second-order valence-corrected chi connectivity index (χ2v) is 2.45. The van der Waals surface area contributed by atoms with Crippen LogP contribution in [0.15, 0.2) is 15.9 Å². The van der Waals surface area contributed by atoms with Crippen molar-refractivity contribution in [2.45, 2.75) is 0 Å². The minimum Gasteiger partial charge on any atom is -0.245 e. The summed E-state index contributed by atoms with van der Waals surface area (Å²) >= 11 is 4.75. The first-order chi connectivity index (χ1) is 3.93. The number of aromatic nitrogens is 1. The molecule has 0 fully saturated rings. The standard InChI is InChI=1S/C5H4BrNS/c6-2-1-5-3-8-4-7-5/h1-4H/b2-1+. The Morgan fingerprint density at radius 3 is 3.12 bits per heavy atom. The van der Waals surface area contributed by atoms with Crippen molar-refractivity contribution in [1.82, 2.24) is 4.98 Å². The second kappa shape index (κ2) is 2.99. The molecular weight excluding hydrogens is 186 g/mol. The molecule has 0 radical (unpaired) electrons. The zero-order valence-electron chi connectivity index (χ0n) is 4.04. The van der Waals surface area contributed by atoms with Crippen molar-refractivity contribution in [3.8, 4) is 0 Å². The first-order valence-electron chi connectivity index (χ1n) is 2.08. The lowest BCUT2D eigenvalue weighted by molar-refractivity contribution is 1.39. The average Bonchev–Trinajstić information content (AvgIpc) is 2.19. The van der Waals surface area contributed by atoms with Gasteiger partial charge in [-0.2, -0.15) is 0 Å². The van der Waals surface area contributed by atoms with E-state index in [-0.39, 0.29) is 0 Å². The molecule has 1 rings (SSSR count). The van der Waals surface area contributed by atoms with E-state index in [0.717, 1.165) is 5.69 Å². The zero-order valence-corrected chi connectivity index (χ0v) is 6.45. The highest BCUT2D eigenvalue weighted by Gasteiger charge is 1.82. The van der Waals surface area contributed by atoms with Crippen LogP contribution in [0.1, 0.15) is 5.69 Å². The predicted octanol–water partition coefficient (Wildman–Crippen LogP) is 2.51. The maximum absolute atomic E-state index is 4.01. The van der Waals surface area contributed by atoms with Crippen LogP contribution in [-0.2, 0) is 0 Å². The van der Waals surface area contributed by atoms with E-state index in [0.29, 0.717) is 0 Å². The van der Waals surface area contributed by atoms with Crippen LogP contribution in [0.4, 0.5) is 0 Å². The fourth-order valence-electron chi connectivity index (χ4n) is 0.369. The van der Waals surface area contributed by atoms with Gasteiger partial charge in [0.1, 0.15) is 0 Å². The lowest BCUT2D eigenvalue weighted by Crippen LogP contribution is -1.62. The van der Waals surface area contributed by atoms with Crippen LogP contribution in [-0.4, -0.2) is 4.98 Å². The molecule has 0 unspecified atom stereocenters. The molecule has 0 saturated heterocycles. The van der Waals surface area contributed by atoms with Gasteiger partial charge in [-0.25, -0.2) is 4.98 Å². The van der Waals surface area contributed by atoms with Crippen LogP contribution < -0.4 is 0 Å². The molecule has 8 heavy (non-hydrogen) atoms. The summed E-state index contributed by atoms with van der Waals surface area (Å²) in [5.41, 5.74) is 2.81. The molecule has 1 aromatic heterocycles. The van der Waals surface area contributed by atoms with Gasteiger partial charge in [0.2, 0.25) is 0 Å². The van der Waals surface area contributed by atoms with Crippen molar-refractivity contribution < 1.29 is 0 Å². The molecule has 0 aliphatic heterocycles. The predicted molar refractivity (Wildman–Crippen MR) is 40.1 cm³/mol. The number of nitrogens with zero attached hydrogens (tertiary/aromatic N) is 1. The van der Waals surface area contributed by atoms with Crippen molar-refractivity contribution in [2.75, 3.05) is 0 Å². The number of thiazole rings is 1. The number of rotatable bonds is 1. The van der Waals surface area contributed by atoms with Crippen molar-refractivity contribution in [3.05, 3.63) is 21.6 Å². The smallest absolute Gasteiger partial charge is 0.0798 e. The summed E-state index contributed by atoms with van der Waals surface area (Å²) in [4.78, 5) is 5.80. The minimum absolute atomic E-state index is 1.01. The molecule has 0 aliphatic rings. The van der Waals surface area contributed by atoms with Crippen LogP contribution in [0.5, 0.6) is 0 Å². The molecule has 0 aliphatic carbocycles. The largest absolute Gasteiger partial charge is 0.245 e. The number of halogens is 1. The maximum atomic E-state index is 4.01. The second-order valence-electron chi connectivity index (χ2n) is 1.21. The van der Waals surface area contributed by atoms with Crippen molar-refractivity contribution in [2.24, 2.45) is 0 Å². The summed E-state index contributed by atoms with van der Waals surface area (Å²) in [6, 6.07) is 0. The summed E-state index contributed by atoms with van der Waals surface area (Å²) in [5, 5.41) is 1.98. The Bertz CT molecular complexity index is 169. The van der Waals surface area contributed by atoms with E-state index in [1.165, 1.54) is 0 Å². The maximum Gasteiger partial charge on any atom is 0.0798 e. The molecule has 0 atom stereocenters. The first kappa shape index (κ1) is 5.98. The molecule has 0 amide bonds. The third-order valence-electron chi connectivity index (χ3n) is 0.685. The van der Waals surface area contributed by atoms with Gasteiger partial charge in [-0.05, 0) is 11.1 Å². The summed E-state index contributed by atoms with van der Waals surface area (Å²) in [5.74, 6) is 0. The van der Waals surface area contributed by atoms with Crippen molar-refractivity contribution in [3.63, 3.8) is 0 Å². The zero-order chi connectivity index (χ0) is 5.82. The Morgan fingerprint density at radius 2 is 2.62 bits per heavy atom. The Morgan fingerprint density at radius 1 is 1.75 bits per heavy atom. The molecule has 0 aromatic carbocycles. The van der Waals surface area contributed by atoms with Crippen LogP contribution in [0, 0.1) is 0 Å². The van der Waals surface area contributed by atoms with Gasteiger partial charge in [0, 0.05) is 5.38 Å². The highest BCUT2D eigenvalue weighted by atomic mass is 79.9. The fourth-order valence-corrected chi connectivity index (χ4v) is 1.16. The summed E-state index contributed by atoms with van der Waals surface area (Å²) in [7, 11) is 0. The SMILES string of the molecule is Br/C=C/c1cscn1. The van der Waals surface area contributed by atoms with Gasteiger partial charge >= 0.3 is 0 Å². The summed E-state index contributed by atoms with van der Waals surface area (Å²) < 4.78 is 0. The quantitative estimate of drug-likeness (QED) is 0.662. The Hall–Kier alpha value is -0.150. The third kappa shape index (κ3) is 1.42. The molecule has 0 spiro atoms. The van der Waals surface area contributed by atoms with Gasteiger partial charge in [0.25, 0.3) is 0 Å². The molecule has 0 N–H and O–H groups in total. The highest BCUT2D eigenvalue weighted by molar-refractivity contribution is 9.11. The number of hydrogen-bond acceptors (Lipinski definition) is 2. The lowest BCUT2D eigenvalue weighted by Gasteiger charge is -1.73. The van der Waals surface area contributed by atoms with Gasteiger partial charge < -0.3 is 0 Å². The van der Waals surface area contributed by atoms with Crippen molar-refractivity contribution >= 4 is 33.3 Å². The van der Waals surface area contributed by atoms with E-state index in [1.807, 2.05) is 17.0 Å². The van der Waals surface area contributed by atoms with Gasteiger partial charge in [-0.15, -0.1) is 11.3 Å². The molecule has 1 heterocycles. The van der Waals surface area contributed by atoms with E-state index in [1.54, 1.807) is 16.3 Å². The van der Waals surface area contributed by atoms with E-state index in [4.69, 9.17) is 0 Å². The molecule has 42 valence electrons. The summed E-state index contributed by atoms with van der Waals surface area (Å²) in [6.45, 7) is 0. The lowest BCUT2D eigenvalue weighted by atomic mass is 10.5. The molecule has 0 bridgehead atoms. The van der Waals surface area contributed by atoms with Crippen LogP contribution in [0.2, 0.25) is 0 Å². The normalized spacial score (nSPS) is 10.6. The monoisotopic (exact) mass is 189 g/mol. The molecule has 3 heteroatoms. The fraction of sp³-hybridized carbons (Fsp3) is 0. The van der Waals surface area contributed by atoms with Gasteiger partial charge in [-0.1, -0.05) is 15.9 Å². The van der Waals surface area contributed by atoms with Gasteiger partial charge in [0.15, 0.2) is 0 Å². The van der Waals surface area contributed by atoms with E-state index >= 15 is 0 Å². The molecule has 1 aromatic rings. The van der Waals surface area contributed by atoms with Crippen LogP contribution in [0.3, 0.4) is 0 Å².